The number of nitrogens with one attached hydrogen (secondary N) is 4. The Morgan fingerprint density at radius 2 is 1.56 bits per heavy atom. The van der Waals surface area contributed by atoms with Crippen molar-refractivity contribution in [2.45, 2.75) is 148 Å². The van der Waals surface area contributed by atoms with Gasteiger partial charge in [-0.05, 0) is 62.2 Å². The van der Waals surface area contributed by atoms with Crippen LogP contribution in [0.3, 0.4) is 0 Å². The Bertz CT molecular complexity index is 1360. The van der Waals surface area contributed by atoms with Gasteiger partial charge in [0, 0.05) is 25.0 Å². The van der Waals surface area contributed by atoms with E-state index in [1.165, 1.54) is 18.6 Å². The first-order chi connectivity index (χ1) is 23.8. The quantitative estimate of drug-likeness (QED) is 0.227. The number of carbonyl (C=O) groups is 6. The first-order valence-corrected chi connectivity index (χ1v) is 18.6. The van der Waals surface area contributed by atoms with Crippen LogP contribution < -0.4 is 21.3 Å². The van der Waals surface area contributed by atoms with Gasteiger partial charge in [0.1, 0.15) is 23.8 Å². The van der Waals surface area contributed by atoms with Gasteiger partial charge in [0.05, 0.1) is 12.2 Å². The first-order valence-electron chi connectivity index (χ1n) is 18.6. The van der Waals surface area contributed by atoms with E-state index in [0.717, 1.165) is 57.8 Å². The molecular weight excluding hydrogens is 638 g/mol. The average molecular weight is 696 g/mol. The molecule has 2 saturated carbocycles. The van der Waals surface area contributed by atoms with E-state index in [0.29, 0.717) is 32.2 Å². The number of aromatic nitrogens is 2. The van der Waals surface area contributed by atoms with Gasteiger partial charge >= 0.3 is 0 Å². The standard InChI is InChI=1S/C37H57N7O6/c1-6-13-26(30(45)35(49)40-25-17-18-25)41-34(48)29-23(2)14-9-8-12-21-44(29)36(50)31(37(3,4)5)43-33(47)28(24-15-10-7-11-16-24)42-32(46)27-22-38-19-20-39-27/h19-20,22-26,28-29,31H,6-18,21H2,1-5H3,(H,40,49)(H,41,48)(H,42,46)(H,43,47)/t23?,26?,28-,29-,31?/m0/s1. The fourth-order valence-electron chi connectivity index (χ4n) is 7.18. The lowest BCUT2D eigenvalue weighted by Gasteiger charge is -2.42. The molecule has 2 aliphatic carbocycles. The highest BCUT2D eigenvalue weighted by atomic mass is 16.2. The van der Waals surface area contributed by atoms with Crippen LogP contribution in [0.25, 0.3) is 0 Å². The highest BCUT2D eigenvalue weighted by molar-refractivity contribution is 6.38. The van der Waals surface area contributed by atoms with Crippen molar-refractivity contribution in [3.63, 3.8) is 0 Å². The third-order valence-electron chi connectivity index (χ3n) is 10.2. The summed E-state index contributed by atoms with van der Waals surface area (Å²) in [6, 6.07) is -3.82. The molecule has 50 heavy (non-hydrogen) atoms. The van der Waals surface area contributed by atoms with E-state index in [2.05, 4.69) is 31.2 Å². The fraction of sp³-hybridized carbons (Fsp3) is 0.730. The van der Waals surface area contributed by atoms with Crippen LogP contribution in [0.4, 0.5) is 0 Å². The maximum Gasteiger partial charge on any atom is 0.289 e. The topological polar surface area (TPSA) is 180 Å². The minimum absolute atomic E-state index is 0.00533. The predicted molar refractivity (Wildman–Crippen MR) is 187 cm³/mol. The summed E-state index contributed by atoms with van der Waals surface area (Å²) in [6.45, 7) is 9.69. The summed E-state index contributed by atoms with van der Waals surface area (Å²) < 4.78 is 0. The monoisotopic (exact) mass is 695 g/mol. The largest absolute Gasteiger partial charge is 0.347 e. The zero-order chi connectivity index (χ0) is 36.4. The molecule has 3 unspecified atom stereocenters. The molecule has 1 aromatic rings. The lowest BCUT2D eigenvalue weighted by atomic mass is 9.81. The molecule has 4 N–H and O–H groups in total. The van der Waals surface area contributed by atoms with E-state index < -0.39 is 64.9 Å². The fourth-order valence-corrected chi connectivity index (χ4v) is 7.18. The van der Waals surface area contributed by atoms with Crippen LogP contribution in [0.5, 0.6) is 0 Å². The summed E-state index contributed by atoms with van der Waals surface area (Å²) in [4.78, 5) is 91.8. The van der Waals surface area contributed by atoms with Crippen LogP contribution in [0.15, 0.2) is 18.6 Å². The Hall–Kier alpha value is -3.90. The Balaban J connectivity index is 1.59. The average Bonchev–Trinajstić information content (AvgIpc) is 3.91. The maximum absolute atomic E-state index is 14.7. The number of amides is 5. The van der Waals surface area contributed by atoms with E-state index in [4.69, 9.17) is 0 Å². The molecule has 0 aromatic carbocycles. The number of rotatable bonds is 13. The van der Waals surface area contributed by atoms with E-state index >= 15 is 0 Å². The van der Waals surface area contributed by atoms with Gasteiger partial charge in [-0.1, -0.05) is 73.1 Å². The van der Waals surface area contributed by atoms with Crippen LogP contribution in [-0.2, 0) is 24.0 Å². The van der Waals surface area contributed by atoms with Crippen molar-refractivity contribution in [2.75, 3.05) is 6.54 Å². The van der Waals surface area contributed by atoms with Crippen molar-refractivity contribution < 1.29 is 28.8 Å². The Kier molecular flexibility index (Phi) is 13.9. The summed E-state index contributed by atoms with van der Waals surface area (Å²) in [6.07, 6.45) is 14.3. The molecule has 3 fully saturated rings. The third kappa shape index (κ3) is 10.6. The summed E-state index contributed by atoms with van der Waals surface area (Å²) in [5.41, 5.74) is -0.662. The second kappa shape index (κ2) is 17.8. The van der Waals surface area contributed by atoms with Gasteiger partial charge in [-0.2, -0.15) is 0 Å². The van der Waals surface area contributed by atoms with Gasteiger partial charge in [-0.15, -0.1) is 0 Å². The number of nitrogens with zero attached hydrogens (tertiary/aromatic N) is 3. The first kappa shape index (κ1) is 38.9. The Labute approximate surface area is 296 Å². The number of carbonyl (C=O) groups excluding carboxylic acids is 6. The molecule has 0 spiro atoms. The van der Waals surface area contributed by atoms with Crippen molar-refractivity contribution in [1.82, 2.24) is 36.1 Å². The van der Waals surface area contributed by atoms with Crippen LogP contribution >= 0.6 is 0 Å². The molecule has 5 amide bonds. The molecular formula is C37H57N7O6. The predicted octanol–water partition coefficient (Wildman–Crippen LogP) is 3.23. The van der Waals surface area contributed by atoms with Crippen LogP contribution in [-0.4, -0.2) is 86.9 Å². The van der Waals surface area contributed by atoms with E-state index in [1.807, 2.05) is 34.6 Å². The lowest BCUT2D eigenvalue weighted by molar-refractivity contribution is -0.149. The Morgan fingerprint density at radius 1 is 0.880 bits per heavy atom. The highest BCUT2D eigenvalue weighted by Gasteiger charge is 2.44. The zero-order valence-corrected chi connectivity index (χ0v) is 30.5. The molecule has 276 valence electrons. The molecule has 1 aromatic heterocycles. The van der Waals surface area contributed by atoms with Gasteiger partial charge in [0.25, 0.3) is 11.8 Å². The van der Waals surface area contributed by atoms with Crippen molar-refractivity contribution in [2.24, 2.45) is 17.3 Å². The molecule has 0 bridgehead atoms. The summed E-state index contributed by atoms with van der Waals surface area (Å²) in [7, 11) is 0. The number of ketones is 1. The van der Waals surface area contributed by atoms with Crippen molar-refractivity contribution in [1.29, 1.82) is 0 Å². The molecule has 4 rings (SSSR count). The molecule has 3 aliphatic rings. The van der Waals surface area contributed by atoms with Crippen molar-refractivity contribution >= 4 is 35.3 Å². The number of hydrogen-bond donors (Lipinski definition) is 4. The lowest BCUT2D eigenvalue weighted by Crippen LogP contribution is -2.64. The number of hydrogen-bond acceptors (Lipinski definition) is 8. The normalized spacial score (nSPS) is 22.1. The van der Waals surface area contributed by atoms with Crippen LogP contribution in [0, 0.1) is 17.3 Å². The molecule has 2 heterocycles. The summed E-state index contributed by atoms with van der Waals surface area (Å²) in [5, 5.41) is 11.5. The van der Waals surface area contributed by atoms with Gasteiger partial charge in [-0.25, -0.2) is 4.98 Å². The molecule has 1 aliphatic heterocycles. The highest BCUT2D eigenvalue weighted by Crippen LogP contribution is 2.30. The third-order valence-corrected chi connectivity index (χ3v) is 10.2. The van der Waals surface area contributed by atoms with E-state index in [-0.39, 0.29) is 23.6 Å². The molecule has 13 heteroatoms. The number of Topliss-reactive ketones (excluding diaryl/α,β-unsaturated/α-hetero) is 1. The van der Waals surface area contributed by atoms with Gasteiger partial charge in [0.15, 0.2) is 0 Å². The summed E-state index contributed by atoms with van der Waals surface area (Å²) in [5.74, 6) is -3.58. The van der Waals surface area contributed by atoms with Crippen molar-refractivity contribution in [3.05, 3.63) is 24.3 Å². The molecule has 5 atom stereocenters. The Morgan fingerprint density at radius 3 is 2.18 bits per heavy atom. The van der Waals surface area contributed by atoms with E-state index in [9.17, 15) is 28.8 Å². The smallest absolute Gasteiger partial charge is 0.289 e. The van der Waals surface area contributed by atoms with Crippen molar-refractivity contribution in [3.8, 4) is 0 Å². The zero-order valence-electron chi connectivity index (χ0n) is 30.5. The van der Waals surface area contributed by atoms with Crippen LogP contribution in [0.1, 0.15) is 129 Å². The molecule has 0 radical (unpaired) electrons. The van der Waals surface area contributed by atoms with Gasteiger partial charge in [0.2, 0.25) is 23.5 Å². The maximum atomic E-state index is 14.7. The second-order valence-corrected chi connectivity index (χ2v) is 15.5. The van der Waals surface area contributed by atoms with Crippen LogP contribution in [0.2, 0.25) is 0 Å². The molecule has 13 nitrogen and oxygen atoms in total. The van der Waals surface area contributed by atoms with Gasteiger partial charge < -0.3 is 26.2 Å². The van der Waals surface area contributed by atoms with E-state index in [1.54, 1.807) is 4.90 Å². The minimum Gasteiger partial charge on any atom is -0.347 e. The number of likely N-dealkylation sites (tertiary alicyclic amines) is 1. The molecule has 1 saturated heterocycles. The summed E-state index contributed by atoms with van der Waals surface area (Å²) >= 11 is 0. The SMILES string of the molecule is CCCC(NC(=O)[C@@H]1C(C)CCCCCN1C(=O)C(NC(=O)[C@@H](NC(=O)c1cnccn1)C1CCCCC1)C(C)(C)C)C(=O)C(=O)NC1CC1. The van der Waals surface area contributed by atoms with Gasteiger partial charge in [-0.3, -0.25) is 33.8 Å². The minimum atomic E-state index is -1.02. The second-order valence-electron chi connectivity index (χ2n) is 15.5.